The summed E-state index contributed by atoms with van der Waals surface area (Å²) in [6.45, 7) is 8.25. The summed E-state index contributed by atoms with van der Waals surface area (Å²) in [6, 6.07) is 7.82. The van der Waals surface area contributed by atoms with Crippen molar-refractivity contribution in [3.63, 3.8) is 0 Å². The lowest BCUT2D eigenvalue weighted by molar-refractivity contribution is 0.0240. The van der Waals surface area contributed by atoms with Crippen LogP contribution in [-0.2, 0) is 4.74 Å². The highest BCUT2D eigenvalue weighted by Crippen LogP contribution is 2.28. The van der Waals surface area contributed by atoms with E-state index in [0.717, 1.165) is 28.0 Å². The number of anilines is 1. The third kappa shape index (κ3) is 5.14. The van der Waals surface area contributed by atoms with Crippen molar-refractivity contribution in [3.8, 4) is 0 Å². The number of fused-ring (bicyclic) bond motifs is 1. The van der Waals surface area contributed by atoms with Crippen LogP contribution in [0, 0.1) is 0 Å². The minimum Gasteiger partial charge on any atom is -0.444 e. The molecule has 8 heteroatoms. The number of piperazine rings is 1. The van der Waals surface area contributed by atoms with Crippen molar-refractivity contribution in [3.05, 3.63) is 54.6 Å². The normalized spacial score (nSPS) is 14.9. The standard InChI is InChI=1S/C23H26N6O2/c1-23(2,3)31-22(30)29-12-10-28(11-13-29)21-6-7-24-16-20(21)27-15-17-4-5-18-19(14-17)26-9-8-25-18/h4-9,14-16H,10-13H2,1-3H3/b27-15+. The zero-order valence-electron chi connectivity index (χ0n) is 18.0. The number of aliphatic imine (C=N–C) groups is 1. The summed E-state index contributed by atoms with van der Waals surface area (Å²) in [7, 11) is 0. The van der Waals surface area contributed by atoms with Gasteiger partial charge in [0.25, 0.3) is 0 Å². The first kappa shape index (κ1) is 20.7. The van der Waals surface area contributed by atoms with E-state index < -0.39 is 5.60 Å². The molecule has 0 atom stereocenters. The molecule has 0 bridgehead atoms. The molecule has 0 saturated carbocycles. The molecule has 0 spiro atoms. The van der Waals surface area contributed by atoms with Crippen LogP contribution in [0.4, 0.5) is 16.2 Å². The molecule has 1 saturated heterocycles. The lowest BCUT2D eigenvalue weighted by atomic mass is 10.2. The van der Waals surface area contributed by atoms with Crippen molar-refractivity contribution < 1.29 is 9.53 Å². The van der Waals surface area contributed by atoms with Gasteiger partial charge in [0.15, 0.2) is 0 Å². The fourth-order valence-corrected chi connectivity index (χ4v) is 3.41. The fourth-order valence-electron chi connectivity index (χ4n) is 3.41. The number of amides is 1. The van der Waals surface area contributed by atoms with Gasteiger partial charge in [0.05, 0.1) is 22.9 Å². The molecule has 1 aromatic carbocycles. The smallest absolute Gasteiger partial charge is 0.410 e. The van der Waals surface area contributed by atoms with E-state index in [1.165, 1.54) is 0 Å². The van der Waals surface area contributed by atoms with Crippen LogP contribution in [0.15, 0.2) is 54.0 Å². The molecule has 3 aromatic rings. The molecule has 0 N–H and O–H groups in total. The molecule has 0 radical (unpaired) electrons. The number of nitrogens with zero attached hydrogens (tertiary/aromatic N) is 6. The second-order valence-electron chi connectivity index (χ2n) is 8.38. The van der Waals surface area contributed by atoms with Gasteiger partial charge in [-0.2, -0.15) is 0 Å². The average molecular weight is 419 g/mol. The predicted molar refractivity (Wildman–Crippen MR) is 121 cm³/mol. The van der Waals surface area contributed by atoms with Crippen LogP contribution in [0.1, 0.15) is 26.3 Å². The SMILES string of the molecule is CC(C)(C)OC(=O)N1CCN(c2ccncc2/N=C/c2ccc3nccnc3c2)CC1. The van der Waals surface area contributed by atoms with Crippen LogP contribution in [0.25, 0.3) is 11.0 Å². The summed E-state index contributed by atoms with van der Waals surface area (Å²) in [4.78, 5) is 33.8. The van der Waals surface area contributed by atoms with Crippen LogP contribution in [0.5, 0.6) is 0 Å². The van der Waals surface area contributed by atoms with E-state index in [1.54, 1.807) is 29.7 Å². The first-order valence-corrected chi connectivity index (χ1v) is 10.3. The summed E-state index contributed by atoms with van der Waals surface area (Å²) >= 11 is 0. The number of hydrogen-bond acceptors (Lipinski definition) is 7. The Morgan fingerprint density at radius 1 is 1.03 bits per heavy atom. The highest BCUT2D eigenvalue weighted by atomic mass is 16.6. The maximum absolute atomic E-state index is 12.3. The van der Waals surface area contributed by atoms with Gasteiger partial charge in [-0.15, -0.1) is 0 Å². The predicted octanol–water partition coefficient (Wildman–Crippen LogP) is 3.83. The van der Waals surface area contributed by atoms with Crippen LogP contribution in [0.3, 0.4) is 0 Å². The van der Waals surface area contributed by atoms with E-state index >= 15 is 0 Å². The summed E-state index contributed by atoms with van der Waals surface area (Å²) in [5, 5.41) is 0. The third-order valence-electron chi connectivity index (χ3n) is 4.90. The van der Waals surface area contributed by atoms with E-state index in [9.17, 15) is 4.79 Å². The minimum absolute atomic E-state index is 0.264. The van der Waals surface area contributed by atoms with Crippen molar-refractivity contribution in [2.75, 3.05) is 31.1 Å². The maximum Gasteiger partial charge on any atom is 0.410 e. The molecule has 31 heavy (non-hydrogen) atoms. The molecule has 0 aliphatic carbocycles. The van der Waals surface area contributed by atoms with Crippen molar-refractivity contribution >= 4 is 34.7 Å². The Bertz CT molecular complexity index is 1100. The van der Waals surface area contributed by atoms with Gasteiger partial charge in [-0.25, -0.2) is 4.79 Å². The van der Waals surface area contributed by atoms with Crippen molar-refractivity contribution in [2.45, 2.75) is 26.4 Å². The van der Waals surface area contributed by atoms with Gasteiger partial charge >= 0.3 is 6.09 Å². The van der Waals surface area contributed by atoms with Crippen LogP contribution < -0.4 is 4.90 Å². The van der Waals surface area contributed by atoms with Gasteiger partial charge in [0.1, 0.15) is 11.3 Å². The molecule has 160 valence electrons. The highest BCUT2D eigenvalue weighted by Gasteiger charge is 2.26. The third-order valence-corrected chi connectivity index (χ3v) is 4.90. The molecule has 1 aliphatic rings. The number of ether oxygens (including phenoxy) is 1. The molecule has 3 heterocycles. The number of carbonyl (C=O) groups is 1. The molecule has 8 nitrogen and oxygen atoms in total. The Kier molecular flexibility index (Phi) is 5.79. The quantitative estimate of drug-likeness (QED) is 0.601. The first-order chi connectivity index (χ1) is 14.9. The second-order valence-corrected chi connectivity index (χ2v) is 8.38. The highest BCUT2D eigenvalue weighted by molar-refractivity contribution is 5.89. The van der Waals surface area contributed by atoms with Crippen LogP contribution >= 0.6 is 0 Å². The van der Waals surface area contributed by atoms with Crippen LogP contribution in [-0.4, -0.2) is 63.9 Å². The van der Waals surface area contributed by atoms with E-state index in [4.69, 9.17) is 4.74 Å². The summed E-state index contributed by atoms with van der Waals surface area (Å²) in [5.74, 6) is 0. The van der Waals surface area contributed by atoms with Gasteiger partial charge in [-0.1, -0.05) is 6.07 Å². The summed E-state index contributed by atoms with van der Waals surface area (Å²) < 4.78 is 5.49. The van der Waals surface area contributed by atoms with Gasteiger partial charge < -0.3 is 14.5 Å². The Morgan fingerprint density at radius 2 is 1.77 bits per heavy atom. The number of hydrogen-bond donors (Lipinski definition) is 0. The maximum atomic E-state index is 12.3. The lowest BCUT2D eigenvalue weighted by Crippen LogP contribution is -2.50. The zero-order valence-corrected chi connectivity index (χ0v) is 18.0. The number of benzene rings is 1. The van der Waals surface area contributed by atoms with Crippen molar-refractivity contribution in [2.24, 2.45) is 4.99 Å². The fraction of sp³-hybridized carbons (Fsp3) is 0.348. The van der Waals surface area contributed by atoms with Gasteiger partial charge in [0.2, 0.25) is 0 Å². The van der Waals surface area contributed by atoms with Crippen molar-refractivity contribution in [1.82, 2.24) is 19.9 Å². The molecule has 2 aromatic heterocycles. The lowest BCUT2D eigenvalue weighted by Gasteiger charge is -2.37. The van der Waals surface area contributed by atoms with Gasteiger partial charge in [-0.05, 0) is 44.5 Å². The monoisotopic (exact) mass is 418 g/mol. The molecule has 1 fully saturated rings. The van der Waals surface area contributed by atoms with E-state index in [2.05, 4.69) is 24.8 Å². The summed E-state index contributed by atoms with van der Waals surface area (Å²) in [6.07, 6.45) is 8.43. The molecule has 1 amide bonds. The number of pyridine rings is 1. The Balaban J connectivity index is 1.46. The number of rotatable bonds is 3. The topological polar surface area (TPSA) is 83.8 Å². The zero-order chi connectivity index (χ0) is 21.8. The second kappa shape index (κ2) is 8.67. The Hall–Kier alpha value is -3.55. The molecular weight excluding hydrogens is 392 g/mol. The number of aromatic nitrogens is 3. The Morgan fingerprint density at radius 3 is 2.52 bits per heavy atom. The van der Waals surface area contributed by atoms with Crippen molar-refractivity contribution in [1.29, 1.82) is 0 Å². The van der Waals surface area contributed by atoms with E-state index in [0.29, 0.717) is 26.2 Å². The number of carbonyl (C=O) groups excluding carboxylic acids is 1. The average Bonchev–Trinajstić information content (AvgIpc) is 2.77. The molecular formula is C23H26N6O2. The van der Waals surface area contributed by atoms with E-state index in [1.807, 2.05) is 51.3 Å². The molecule has 1 aliphatic heterocycles. The molecule has 4 rings (SSSR count). The molecule has 0 unspecified atom stereocenters. The Labute approximate surface area is 181 Å². The summed E-state index contributed by atoms with van der Waals surface area (Å²) in [5.41, 5.74) is 3.91. The van der Waals surface area contributed by atoms with Gasteiger partial charge in [-0.3, -0.25) is 19.9 Å². The largest absolute Gasteiger partial charge is 0.444 e. The minimum atomic E-state index is -0.491. The first-order valence-electron chi connectivity index (χ1n) is 10.3. The van der Waals surface area contributed by atoms with Crippen LogP contribution in [0.2, 0.25) is 0 Å². The van der Waals surface area contributed by atoms with Gasteiger partial charge in [0, 0.05) is 51.0 Å². The van der Waals surface area contributed by atoms with E-state index in [-0.39, 0.29) is 6.09 Å².